The van der Waals surface area contributed by atoms with Crippen LogP contribution in [-0.4, -0.2) is 34.5 Å². The summed E-state index contributed by atoms with van der Waals surface area (Å²) >= 11 is 1.46. The second-order valence-corrected chi connectivity index (χ2v) is 10.2. The van der Waals surface area contributed by atoms with Crippen LogP contribution in [0.5, 0.6) is 0 Å². The van der Waals surface area contributed by atoms with Crippen LogP contribution in [0, 0.1) is 0 Å². The first kappa shape index (κ1) is 26.1. The number of hydrogen-bond acceptors (Lipinski definition) is 5. The normalized spacial score (nSPS) is 12.1. The first-order chi connectivity index (χ1) is 16.1. The number of methoxy groups -OCH3 is 1. The summed E-state index contributed by atoms with van der Waals surface area (Å²) in [6, 6.07) is 11.1. The van der Waals surface area contributed by atoms with E-state index in [0.717, 1.165) is 17.7 Å². The van der Waals surface area contributed by atoms with Crippen molar-refractivity contribution < 1.29 is 31.1 Å². The molecule has 182 valence electrons. The van der Waals surface area contributed by atoms with E-state index in [2.05, 4.69) is 4.72 Å². The van der Waals surface area contributed by atoms with E-state index in [4.69, 9.17) is 4.74 Å². The molecule has 0 fully saturated rings. The number of sulfonamides is 1. The van der Waals surface area contributed by atoms with Crippen LogP contribution in [0.3, 0.4) is 0 Å². The third kappa shape index (κ3) is 6.99. The minimum Gasteiger partial charge on any atom is -0.385 e. The van der Waals surface area contributed by atoms with Gasteiger partial charge in [-0.05, 0) is 63.7 Å². The maximum Gasteiger partial charge on any atom is 0.416 e. The minimum absolute atomic E-state index is 0.0192. The molecular weight excluding hydrogens is 487 g/mol. The number of thiophene rings is 1. The first-order valence-corrected chi connectivity index (χ1v) is 12.8. The molecule has 34 heavy (non-hydrogen) atoms. The van der Waals surface area contributed by atoms with Crippen LogP contribution in [0.2, 0.25) is 0 Å². The summed E-state index contributed by atoms with van der Waals surface area (Å²) in [6.45, 7) is 0.612. The molecular formula is C24H24F3NO4S2. The summed E-state index contributed by atoms with van der Waals surface area (Å²) in [7, 11) is -2.28. The second kappa shape index (κ2) is 11.3. The Balaban J connectivity index is 1.85. The molecule has 3 rings (SSSR count). The fourth-order valence-electron chi connectivity index (χ4n) is 3.45. The second-order valence-electron chi connectivity index (χ2n) is 7.67. The lowest BCUT2D eigenvalue weighted by Crippen LogP contribution is -2.25. The van der Waals surface area contributed by atoms with Gasteiger partial charge in [0, 0.05) is 33.1 Å². The monoisotopic (exact) mass is 511 g/mol. The predicted octanol–water partition coefficient (Wildman–Crippen LogP) is 5.10. The molecule has 10 heteroatoms. The quantitative estimate of drug-likeness (QED) is 0.364. The summed E-state index contributed by atoms with van der Waals surface area (Å²) in [6.07, 6.45) is -4.30. The van der Waals surface area contributed by atoms with Crippen LogP contribution >= 0.6 is 11.3 Å². The van der Waals surface area contributed by atoms with E-state index in [1.54, 1.807) is 6.07 Å². The Labute approximate surface area is 200 Å². The van der Waals surface area contributed by atoms with E-state index in [1.165, 1.54) is 42.7 Å². The molecule has 3 aromatic rings. The lowest BCUT2D eigenvalue weighted by molar-refractivity contribution is -0.137. The largest absolute Gasteiger partial charge is 0.416 e. The minimum atomic E-state index is -4.50. The molecule has 0 amide bonds. The van der Waals surface area contributed by atoms with Crippen molar-refractivity contribution in [3.05, 3.63) is 76.0 Å². The summed E-state index contributed by atoms with van der Waals surface area (Å²) in [5, 5.41) is 3.75. The van der Waals surface area contributed by atoms with Crippen molar-refractivity contribution in [3.8, 4) is 11.1 Å². The molecule has 1 heterocycles. The Bertz CT molecular complexity index is 1220. The number of Topliss-reactive ketones (excluding diaryl/α,β-unsaturated/α-hetero) is 1. The van der Waals surface area contributed by atoms with Gasteiger partial charge >= 0.3 is 6.18 Å². The van der Waals surface area contributed by atoms with E-state index < -0.39 is 21.8 Å². The topological polar surface area (TPSA) is 72.5 Å². The molecule has 0 radical (unpaired) electrons. The maximum absolute atomic E-state index is 13.0. The summed E-state index contributed by atoms with van der Waals surface area (Å²) in [4.78, 5) is 12.8. The van der Waals surface area contributed by atoms with E-state index in [9.17, 15) is 26.4 Å². The maximum atomic E-state index is 13.0. The van der Waals surface area contributed by atoms with Gasteiger partial charge in [-0.2, -0.15) is 24.5 Å². The Kier molecular flexibility index (Phi) is 8.64. The average molecular weight is 512 g/mol. The molecule has 1 N–H and O–H groups in total. The van der Waals surface area contributed by atoms with Gasteiger partial charge in [0.1, 0.15) is 5.78 Å². The summed E-state index contributed by atoms with van der Waals surface area (Å²) < 4.78 is 71.8. The smallest absolute Gasteiger partial charge is 0.385 e. The molecule has 0 spiro atoms. The Morgan fingerprint density at radius 2 is 1.88 bits per heavy atom. The molecule has 2 aromatic carbocycles. The average Bonchev–Trinajstić information content (AvgIpc) is 3.31. The van der Waals surface area contributed by atoms with Crippen molar-refractivity contribution in [3.63, 3.8) is 0 Å². The van der Waals surface area contributed by atoms with Gasteiger partial charge in [-0.1, -0.05) is 24.3 Å². The molecule has 0 saturated carbocycles. The predicted molar refractivity (Wildman–Crippen MR) is 125 cm³/mol. The van der Waals surface area contributed by atoms with Crippen LogP contribution in [-0.2, 0) is 38.6 Å². The van der Waals surface area contributed by atoms with Gasteiger partial charge in [0.15, 0.2) is 0 Å². The summed E-state index contributed by atoms with van der Waals surface area (Å²) in [5.74, 6) is -0.321. The number of carbonyl (C=O) groups excluding carboxylic acids is 1. The van der Waals surface area contributed by atoms with E-state index >= 15 is 0 Å². The van der Waals surface area contributed by atoms with Crippen LogP contribution < -0.4 is 4.72 Å². The lowest BCUT2D eigenvalue weighted by atomic mass is 9.95. The van der Waals surface area contributed by atoms with Gasteiger partial charge in [0.2, 0.25) is 10.0 Å². The zero-order valence-electron chi connectivity index (χ0n) is 18.4. The molecule has 0 aliphatic rings. The molecule has 5 nitrogen and oxygen atoms in total. The van der Waals surface area contributed by atoms with Crippen molar-refractivity contribution in [2.45, 2.75) is 30.3 Å². The van der Waals surface area contributed by atoms with Gasteiger partial charge in [0.05, 0.1) is 10.5 Å². The van der Waals surface area contributed by atoms with Crippen LogP contribution in [0.15, 0.2) is 64.2 Å². The first-order valence-electron chi connectivity index (χ1n) is 10.4. The number of carbonyl (C=O) groups is 1. The van der Waals surface area contributed by atoms with E-state index in [1.807, 2.05) is 16.8 Å². The number of ether oxygens (including phenoxy) is 1. The molecule has 0 saturated heterocycles. The van der Waals surface area contributed by atoms with Crippen molar-refractivity contribution in [2.75, 3.05) is 20.3 Å². The SMILES string of the molecule is COCCCNS(=O)(=O)c1ccc(-c2ccsc2)c(CC(=O)Cc2cccc(C(F)(F)F)c2)c1. The number of ketones is 1. The highest BCUT2D eigenvalue weighted by atomic mass is 32.2. The van der Waals surface area contributed by atoms with Gasteiger partial charge in [-0.15, -0.1) is 0 Å². The van der Waals surface area contributed by atoms with Crippen LogP contribution in [0.4, 0.5) is 13.2 Å². The Morgan fingerprint density at radius 1 is 1.09 bits per heavy atom. The van der Waals surface area contributed by atoms with Crippen LogP contribution in [0.25, 0.3) is 11.1 Å². The number of alkyl halides is 3. The fraction of sp³-hybridized carbons (Fsp3) is 0.292. The fourth-order valence-corrected chi connectivity index (χ4v) is 5.23. The van der Waals surface area contributed by atoms with Crippen molar-refractivity contribution in [2.24, 2.45) is 0 Å². The molecule has 0 aliphatic heterocycles. The highest BCUT2D eigenvalue weighted by Crippen LogP contribution is 2.31. The van der Waals surface area contributed by atoms with Crippen LogP contribution in [0.1, 0.15) is 23.1 Å². The molecule has 0 bridgehead atoms. The zero-order chi connectivity index (χ0) is 24.8. The highest BCUT2D eigenvalue weighted by Gasteiger charge is 2.30. The molecule has 0 unspecified atom stereocenters. The van der Waals surface area contributed by atoms with Gasteiger partial charge in [0.25, 0.3) is 0 Å². The third-order valence-electron chi connectivity index (χ3n) is 5.08. The van der Waals surface area contributed by atoms with Gasteiger partial charge in [-0.3, -0.25) is 4.79 Å². The third-order valence-corrected chi connectivity index (χ3v) is 7.22. The molecule has 0 aliphatic carbocycles. The number of hydrogen-bond donors (Lipinski definition) is 1. The number of benzene rings is 2. The molecule has 1 aromatic heterocycles. The zero-order valence-corrected chi connectivity index (χ0v) is 20.0. The highest BCUT2D eigenvalue weighted by molar-refractivity contribution is 7.89. The van der Waals surface area contributed by atoms with Crippen molar-refractivity contribution in [1.82, 2.24) is 4.72 Å². The Morgan fingerprint density at radius 3 is 2.56 bits per heavy atom. The standard InChI is InChI=1S/C24H24F3NO4S2/c1-32-10-3-9-28-34(30,31)22-6-7-23(18-8-11-33-16-18)19(15-22)14-21(29)13-17-4-2-5-20(12-17)24(25,26)27/h2,4-8,11-12,15-16,28H,3,9-10,13-14H2,1H3. The molecule has 0 atom stereocenters. The lowest BCUT2D eigenvalue weighted by Gasteiger charge is -2.13. The number of rotatable bonds is 11. The van der Waals surface area contributed by atoms with Gasteiger partial charge in [-0.25, -0.2) is 13.1 Å². The van der Waals surface area contributed by atoms with E-state index in [0.29, 0.717) is 24.2 Å². The van der Waals surface area contributed by atoms with E-state index in [-0.39, 0.29) is 35.6 Å². The Hall–Kier alpha value is -2.53. The summed E-state index contributed by atoms with van der Waals surface area (Å²) in [5.41, 5.74) is 1.47. The number of halogens is 3. The number of nitrogens with one attached hydrogen (secondary N) is 1. The van der Waals surface area contributed by atoms with Crippen molar-refractivity contribution in [1.29, 1.82) is 0 Å². The van der Waals surface area contributed by atoms with Crippen molar-refractivity contribution >= 4 is 27.1 Å². The van der Waals surface area contributed by atoms with Gasteiger partial charge < -0.3 is 4.74 Å².